The molecule has 0 saturated heterocycles. The van der Waals surface area contributed by atoms with Crippen LogP contribution in [0.25, 0.3) is 0 Å². The van der Waals surface area contributed by atoms with Crippen molar-refractivity contribution in [2.75, 3.05) is 11.6 Å². The maximum absolute atomic E-state index is 12.9. The molecule has 1 fully saturated rings. The molecule has 0 aromatic heterocycles. The van der Waals surface area contributed by atoms with Gasteiger partial charge < -0.3 is 5.32 Å². The van der Waals surface area contributed by atoms with Gasteiger partial charge in [-0.1, -0.05) is 12.2 Å². The van der Waals surface area contributed by atoms with Gasteiger partial charge in [0.15, 0.2) is 0 Å². The fraction of sp³-hybridized carbons (Fsp3) is 0.400. The normalized spacial score (nSPS) is 34.9. The van der Waals surface area contributed by atoms with Crippen LogP contribution in [0.15, 0.2) is 36.4 Å². The van der Waals surface area contributed by atoms with Crippen LogP contribution >= 0.6 is 11.6 Å². The van der Waals surface area contributed by atoms with Crippen LogP contribution in [0.2, 0.25) is 0 Å². The molecule has 1 aromatic carbocycles. The highest BCUT2D eigenvalue weighted by Gasteiger charge is 2.62. The lowest BCUT2D eigenvalue weighted by molar-refractivity contribution is -0.119. The second-order valence-corrected chi connectivity index (χ2v) is 7.55. The molecule has 3 rings (SSSR count). The Morgan fingerprint density at radius 2 is 2.05 bits per heavy atom. The number of rotatable bonds is 3. The molecule has 6 heteroatoms. The lowest BCUT2D eigenvalue weighted by atomic mass is 9.91. The zero-order valence-electron chi connectivity index (χ0n) is 11.4. The molecule has 0 radical (unpaired) electrons. The summed E-state index contributed by atoms with van der Waals surface area (Å²) in [4.78, 5) is 12.7. The van der Waals surface area contributed by atoms with E-state index in [1.54, 1.807) is 0 Å². The summed E-state index contributed by atoms with van der Waals surface area (Å²) < 4.78 is 24.1. The van der Waals surface area contributed by atoms with E-state index in [0.29, 0.717) is 5.69 Å². The molecule has 2 aliphatic carbocycles. The first-order valence-corrected chi connectivity index (χ1v) is 8.68. The van der Waals surface area contributed by atoms with Crippen LogP contribution in [0.4, 0.5) is 10.1 Å². The Morgan fingerprint density at radius 3 is 2.57 bits per heavy atom. The number of amides is 1. The number of alkyl halides is 1. The molecule has 2 bridgehead atoms. The van der Waals surface area contributed by atoms with Gasteiger partial charge in [0, 0.05) is 28.7 Å². The van der Waals surface area contributed by atoms with Crippen LogP contribution < -0.4 is 5.32 Å². The van der Waals surface area contributed by atoms with Crippen molar-refractivity contribution in [1.82, 2.24) is 0 Å². The van der Waals surface area contributed by atoms with Crippen LogP contribution in [-0.4, -0.2) is 26.5 Å². The summed E-state index contributed by atoms with van der Waals surface area (Å²) in [6, 6.07) is 5.49. The van der Waals surface area contributed by atoms with E-state index in [1.807, 2.05) is 12.2 Å². The Labute approximate surface area is 130 Å². The van der Waals surface area contributed by atoms with E-state index in [2.05, 4.69) is 5.32 Å². The second-order valence-electron chi connectivity index (χ2n) is 5.50. The number of benzene rings is 1. The molecule has 1 saturated carbocycles. The first-order valence-electron chi connectivity index (χ1n) is 6.69. The standard InChI is InChI=1S/C15H15ClFNO2S/c1-21(20)15(10-3-2-9(8-10)13(15)16)14(19)18-12-6-4-11(17)5-7-12/h2-7,9-10,13H,8H2,1H3,(H,18,19)/t9-,10+,13-,15+,21?/m0/s1. The summed E-state index contributed by atoms with van der Waals surface area (Å²) in [6.07, 6.45) is 6.21. The lowest BCUT2D eigenvalue weighted by Crippen LogP contribution is -2.55. The Kier molecular flexibility index (Phi) is 3.66. The quantitative estimate of drug-likeness (QED) is 0.685. The highest BCUT2D eigenvalue weighted by molar-refractivity contribution is 7.86. The third-order valence-corrected chi connectivity index (χ3v) is 6.88. The molecule has 0 heterocycles. The largest absolute Gasteiger partial charge is 0.325 e. The van der Waals surface area contributed by atoms with E-state index >= 15 is 0 Å². The van der Waals surface area contributed by atoms with Gasteiger partial charge in [0.05, 0.1) is 5.38 Å². The van der Waals surface area contributed by atoms with Crippen molar-refractivity contribution in [3.8, 4) is 0 Å². The summed E-state index contributed by atoms with van der Waals surface area (Å²) in [6.45, 7) is 0. The van der Waals surface area contributed by atoms with Crippen molar-refractivity contribution in [2.24, 2.45) is 11.8 Å². The maximum Gasteiger partial charge on any atom is 0.245 e. The zero-order chi connectivity index (χ0) is 15.2. The van der Waals surface area contributed by atoms with E-state index < -0.39 is 20.9 Å². The monoisotopic (exact) mass is 327 g/mol. The van der Waals surface area contributed by atoms with E-state index in [0.717, 1.165) is 6.42 Å². The van der Waals surface area contributed by atoms with Crippen LogP contribution in [0.5, 0.6) is 0 Å². The van der Waals surface area contributed by atoms with E-state index in [-0.39, 0.29) is 23.6 Å². The van der Waals surface area contributed by atoms with Crippen molar-refractivity contribution in [1.29, 1.82) is 0 Å². The molecular formula is C15H15ClFNO2S. The molecule has 21 heavy (non-hydrogen) atoms. The average molecular weight is 328 g/mol. The van der Waals surface area contributed by atoms with Crippen molar-refractivity contribution >= 4 is 34.0 Å². The van der Waals surface area contributed by atoms with E-state index in [9.17, 15) is 13.4 Å². The number of nitrogens with one attached hydrogen (secondary N) is 1. The third kappa shape index (κ3) is 2.14. The molecule has 0 spiro atoms. The minimum atomic E-state index is -1.41. The van der Waals surface area contributed by atoms with E-state index in [4.69, 9.17) is 11.6 Å². The minimum Gasteiger partial charge on any atom is -0.325 e. The van der Waals surface area contributed by atoms with Crippen LogP contribution in [0.3, 0.4) is 0 Å². The van der Waals surface area contributed by atoms with Gasteiger partial charge in [0.1, 0.15) is 10.6 Å². The topological polar surface area (TPSA) is 46.2 Å². The molecule has 2 aliphatic rings. The number of halogens is 2. The molecule has 1 N–H and O–H groups in total. The van der Waals surface area contributed by atoms with E-state index in [1.165, 1.54) is 30.5 Å². The Hall–Kier alpha value is -1.20. The van der Waals surface area contributed by atoms with Crippen LogP contribution in [-0.2, 0) is 15.6 Å². The molecule has 1 unspecified atom stereocenters. The SMILES string of the molecule is CS(=O)[C@]1(C(=O)Nc2ccc(F)cc2)[C@@H]2C=C[C@@H](C2)[C@@H]1Cl. The van der Waals surface area contributed by atoms with Crippen LogP contribution in [0, 0.1) is 17.7 Å². The number of hydrogen-bond donors (Lipinski definition) is 1. The highest BCUT2D eigenvalue weighted by atomic mass is 35.5. The van der Waals surface area contributed by atoms with Crippen molar-refractivity contribution < 1.29 is 13.4 Å². The predicted molar refractivity (Wildman–Crippen MR) is 82.2 cm³/mol. The van der Waals surface area contributed by atoms with Crippen LogP contribution in [0.1, 0.15) is 6.42 Å². The molecule has 112 valence electrons. The highest BCUT2D eigenvalue weighted by Crippen LogP contribution is 2.52. The first-order chi connectivity index (χ1) is 9.96. The Morgan fingerprint density at radius 1 is 1.38 bits per heavy atom. The number of carbonyl (C=O) groups excluding carboxylic acids is 1. The maximum atomic E-state index is 12.9. The molecule has 1 aromatic rings. The second kappa shape index (κ2) is 5.21. The number of allylic oxidation sites excluding steroid dienone is 2. The van der Waals surface area contributed by atoms with Gasteiger partial charge in [-0.15, -0.1) is 11.6 Å². The van der Waals surface area contributed by atoms with Crippen molar-refractivity contribution in [3.05, 3.63) is 42.2 Å². The zero-order valence-corrected chi connectivity index (χ0v) is 13.0. The first kappa shape index (κ1) is 14.7. The number of anilines is 1. The number of fused-ring (bicyclic) bond motifs is 2. The third-order valence-electron chi connectivity index (χ3n) is 4.39. The fourth-order valence-electron chi connectivity index (χ4n) is 3.34. The van der Waals surface area contributed by atoms with Gasteiger partial charge in [0.2, 0.25) is 5.91 Å². The summed E-state index contributed by atoms with van der Waals surface area (Å²) in [7, 11) is -1.41. The fourth-order valence-corrected chi connectivity index (χ4v) is 5.57. The van der Waals surface area contributed by atoms with Crippen molar-refractivity contribution in [3.63, 3.8) is 0 Å². The van der Waals surface area contributed by atoms with Gasteiger partial charge in [-0.25, -0.2) is 4.39 Å². The lowest BCUT2D eigenvalue weighted by Gasteiger charge is -2.35. The Bertz CT molecular complexity index is 633. The smallest absolute Gasteiger partial charge is 0.245 e. The molecule has 1 amide bonds. The molecular weight excluding hydrogens is 313 g/mol. The Balaban J connectivity index is 1.92. The molecule has 0 aliphatic heterocycles. The number of hydrogen-bond acceptors (Lipinski definition) is 2. The predicted octanol–water partition coefficient (Wildman–Crippen LogP) is 2.69. The van der Waals surface area contributed by atoms with Gasteiger partial charge >= 0.3 is 0 Å². The minimum absolute atomic E-state index is 0.0829. The summed E-state index contributed by atoms with van der Waals surface area (Å²) in [5.41, 5.74) is 0.474. The summed E-state index contributed by atoms with van der Waals surface area (Å²) in [5, 5.41) is 2.24. The average Bonchev–Trinajstić information content (AvgIpc) is 3.01. The summed E-state index contributed by atoms with van der Waals surface area (Å²) in [5.74, 6) is -0.762. The summed E-state index contributed by atoms with van der Waals surface area (Å²) >= 11 is 6.45. The van der Waals surface area contributed by atoms with Gasteiger partial charge in [0.25, 0.3) is 0 Å². The van der Waals surface area contributed by atoms with Gasteiger partial charge in [-0.3, -0.25) is 9.00 Å². The van der Waals surface area contributed by atoms with Gasteiger partial charge in [-0.2, -0.15) is 0 Å². The number of carbonyl (C=O) groups is 1. The molecule has 5 atom stereocenters. The molecule has 3 nitrogen and oxygen atoms in total. The van der Waals surface area contributed by atoms with Gasteiger partial charge in [-0.05, 0) is 36.6 Å². The van der Waals surface area contributed by atoms with Crippen molar-refractivity contribution in [2.45, 2.75) is 16.5 Å².